The van der Waals surface area contributed by atoms with Crippen LogP contribution in [0.25, 0.3) is 10.2 Å². The van der Waals surface area contributed by atoms with Gasteiger partial charge in [-0.25, -0.2) is 4.98 Å². The highest BCUT2D eigenvalue weighted by molar-refractivity contribution is 7.99. The zero-order valence-corrected chi connectivity index (χ0v) is 20.6. The maximum Gasteiger partial charge on any atom is 0.263 e. The van der Waals surface area contributed by atoms with Gasteiger partial charge in [0.2, 0.25) is 5.91 Å². The molecule has 33 heavy (non-hydrogen) atoms. The molecule has 1 saturated heterocycles. The molecule has 0 bridgehead atoms. The van der Waals surface area contributed by atoms with Gasteiger partial charge in [0, 0.05) is 24.5 Å². The minimum Gasteiger partial charge on any atom is -0.378 e. The number of thioether (sulfide) groups is 1. The second-order valence-corrected chi connectivity index (χ2v) is 10.9. The van der Waals surface area contributed by atoms with E-state index in [9.17, 15) is 9.59 Å². The Bertz CT molecular complexity index is 1200. The molecule has 1 atom stereocenters. The van der Waals surface area contributed by atoms with Gasteiger partial charge in [-0.1, -0.05) is 49.0 Å². The van der Waals surface area contributed by atoms with E-state index in [1.54, 1.807) is 15.9 Å². The van der Waals surface area contributed by atoms with Crippen LogP contribution in [0.1, 0.15) is 29.3 Å². The summed E-state index contributed by atoms with van der Waals surface area (Å²) in [5, 5.41) is 1.45. The fourth-order valence-corrected chi connectivity index (χ4v) is 6.98. The number of benzene rings is 1. The summed E-state index contributed by atoms with van der Waals surface area (Å²) in [6.45, 7) is 5.26. The van der Waals surface area contributed by atoms with Gasteiger partial charge in [-0.2, -0.15) is 0 Å². The molecule has 0 saturated carbocycles. The van der Waals surface area contributed by atoms with Crippen LogP contribution in [0.15, 0.2) is 40.3 Å². The monoisotopic (exact) mass is 483 g/mol. The summed E-state index contributed by atoms with van der Waals surface area (Å²) in [4.78, 5) is 35.4. The summed E-state index contributed by atoms with van der Waals surface area (Å²) < 4.78 is 7.16. The van der Waals surface area contributed by atoms with Crippen molar-refractivity contribution in [3.8, 4) is 0 Å². The summed E-state index contributed by atoms with van der Waals surface area (Å²) in [7, 11) is 0. The minimum absolute atomic E-state index is 0.0457. The van der Waals surface area contributed by atoms with Crippen LogP contribution in [-0.2, 0) is 35.3 Å². The van der Waals surface area contributed by atoms with Crippen LogP contribution in [0.4, 0.5) is 0 Å². The standard InChI is InChI=1S/C25H29N3O3S2/c1-17-7-8-19-20(15-17)33-23-22(19)24(30)28(10-9-18-5-3-2-4-6-18)25(26-23)32-16-21(29)27-11-13-31-14-12-27/h2-6,17H,7-16H2,1H3. The van der Waals surface area contributed by atoms with Crippen LogP contribution in [-0.4, -0.2) is 52.4 Å². The van der Waals surface area contributed by atoms with Crippen molar-refractivity contribution < 1.29 is 9.53 Å². The Hall–Kier alpha value is -2.16. The quantitative estimate of drug-likeness (QED) is 0.394. The highest BCUT2D eigenvalue weighted by atomic mass is 32.2. The largest absolute Gasteiger partial charge is 0.378 e. The number of hydrogen-bond acceptors (Lipinski definition) is 6. The zero-order valence-electron chi connectivity index (χ0n) is 18.9. The summed E-state index contributed by atoms with van der Waals surface area (Å²) in [6, 6.07) is 10.2. The number of aryl methyl sites for hydroxylation is 2. The molecule has 0 radical (unpaired) electrons. The molecule has 1 fully saturated rings. The van der Waals surface area contributed by atoms with E-state index in [0.717, 1.165) is 35.9 Å². The second-order valence-electron chi connectivity index (χ2n) is 8.90. The molecule has 1 aliphatic heterocycles. The van der Waals surface area contributed by atoms with Crippen molar-refractivity contribution in [2.24, 2.45) is 5.92 Å². The third-order valence-electron chi connectivity index (χ3n) is 6.54. The Morgan fingerprint density at radius 2 is 2.03 bits per heavy atom. The van der Waals surface area contributed by atoms with Crippen LogP contribution in [0.3, 0.4) is 0 Å². The minimum atomic E-state index is 0.0457. The zero-order chi connectivity index (χ0) is 22.8. The highest BCUT2D eigenvalue weighted by Crippen LogP contribution is 2.36. The van der Waals surface area contributed by atoms with Gasteiger partial charge in [-0.3, -0.25) is 14.2 Å². The lowest BCUT2D eigenvalue weighted by Gasteiger charge is -2.26. The van der Waals surface area contributed by atoms with Crippen molar-refractivity contribution in [3.63, 3.8) is 0 Å². The summed E-state index contributed by atoms with van der Waals surface area (Å²) >= 11 is 3.05. The van der Waals surface area contributed by atoms with Gasteiger partial charge >= 0.3 is 0 Å². The van der Waals surface area contributed by atoms with Gasteiger partial charge in [0.15, 0.2) is 5.16 Å². The van der Waals surface area contributed by atoms with E-state index in [1.807, 2.05) is 23.1 Å². The number of morpholine rings is 1. The lowest BCUT2D eigenvalue weighted by molar-refractivity contribution is -0.132. The number of fused-ring (bicyclic) bond motifs is 3. The number of hydrogen-bond donors (Lipinski definition) is 0. The SMILES string of the molecule is CC1CCc2c(sc3nc(SCC(=O)N4CCOCC4)n(CCc4ccccc4)c(=O)c23)C1. The van der Waals surface area contributed by atoms with E-state index in [2.05, 4.69) is 19.1 Å². The van der Waals surface area contributed by atoms with Gasteiger partial charge in [-0.15, -0.1) is 11.3 Å². The van der Waals surface area contributed by atoms with Crippen LogP contribution in [0.2, 0.25) is 0 Å². The van der Waals surface area contributed by atoms with Crippen LogP contribution < -0.4 is 5.56 Å². The van der Waals surface area contributed by atoms with Crippen molar-refractivity contribution >= 4 is 39.2 Å². The maximum atomic E-state index is 13.7. The van der Waals surface area contributed by atoms with Gasteiger partial charge in [-0.05, 0) is 42.7 Å². The van der Waals surface area contributed by atoms with E-state index in [-0.39, 0.29) is 17.2 Å². The Kier molecular flexibility index (Phi) is 6.85. The highest BCUT2D eigenvalue weighted by Gasteiger charge is 2.25. The van der Waals surface area contributed by atoms with Crippen LogP contribution in [0.5, 0.6) is 0 Å². The average Bonchev–Trinajstić information content (AvgIpc) is 3.20. The Morgan fingerprint density at radius 3 is 2.82 bits per heavy atom. The number of carbonyl (C=O) groups is 1. The fraction of sp³-hybridized carbons (Fsp3) is 0.480. The molecule has 0 N–H and O–H groups in total. The Labute approximate surface area is 202 Å². The number of nitrogens with zero attached hydrogens (tertiary/aromatic N) is 3. The molecular formula is C25H29N3O3S2. The van der Waals surface area contributed by atoms with E-state index < -0.39 is 0 Å². The molecule has 174 valence electrons. The van der Waals surface area contributed by atoms with E-state index in [1.165, 1.54) is 27.8 Å². The van der Waals surface area contributed by atoms with Crippen molar-refractivity contribution in [2.75, 3.05) is 32.1 Å². The molecular weight excluding hydrogens is 454 g/mol. The topological polar surface area (TPSA) is 64.4 Å². The molecule has 3 aromatic rings. The predicted octanol–water partition coefficient (Wildman–Crippen LogP) is 3.78. The second kappa shape index (κ2) is 9.99. The smallest absolute Gasteiger partial charge is 0.263 e. The number of rotatable bonds is 6. The first-order chi connectivity index (χ1) is 16.1. The molecule has 0 spiro atoms. The van der Waals surface area contributed by atoms with Gasteiger partial charge in [0.25, 0.3) is 5.56 Å². The lowest BCUT2D eigenvalue weighted by Crippen LogP contribution is -2.41. The van der Waals surface area contributed by atoms with Crippen LogP contribution >= 0.6 is 23.1 Å². The van der Waals surface area contributed by atoms with Gasteiger partial charge < -0.3 is 9.64 Å². The van der Waals surface area contributed by atoms with Crippen molar-refractivity contribution in [1.29, 1.82) is 0 Å². The van der Waals surface area contributed by atoms with Crippen LogP contribution in [0, 0.1) is 5.92 Å². The predicted molar refractivity (Wildman–Crippen MR) is 133 cm³/mol. The summed E-state index contributed by atoms with van der Waals surface area (Å²) in [5.41, 5.74) is 2.44. The third kappa shape index (κ3) is 4.88. The number of amides is 1. The lowest BCUT2D eigenvalue weighted by atomic mass is 9.89. The number of ether oxygens (including phenoxy) is 1. The van der Waals surface area contributed by atoms with Crippen molar-refractivity contribution in [3.05, 3.63) is 56.7 Å². The molecule has 5 rings (SSSR count). The van der Waals surface area contributed by atoms with E-state index >= 15 is 0 Å². The molecule has 1 unspecified atom stereocenters. The molecule has 8 heteroatoms. The molecule has 1 aromatic carbocycles. The van der Waals surface area contributed by atoms with E-state index in [0.29, 0.717) is 43.9 Å². The summed E-state index contributed by atoms with van der Waals surface area (Å²) in [5.74, 6) is 1.00. The Morgan fingerprint density at radius 1 is 1.24 bits per heavy atom. The molecule has 1 amide bonds. The third-order valence-corrected chi connectivity index (χ3v) is 8.65. The first-order valence-corrected chi connectivity index (χ1v) is 13.5. The first-order valence-electron chi connectivity index (χ1n) is 11.7. The summed E-state index contributed by atoms with van der Waals surface area (Å²) in [6.07, 6.45) is 3.85. The number of aromatic nitrogens is 2. The molecule has 2 aliphatic rings. The average molecular weight is 484 g/mol. The fourth-order valence-electron chi connectivity index (χ4n) is 4.63. The van der Waals surface area contributed by atoms with E-state index in [4.69, 9.17) is 9.72 Å². The Balaban J connectivity index is 1.47. The molecule has 2 aromatic heterocycles. The molecule has 1 aliphatic carbocycles. The van der Waals surface area contributed by atoms with Crippen molar-refractivity contribution in [2.45, 2.75) is 44.3 Å². The van der Waals surface area contributed by atoms with Gasteiger partial charge in [0.05, 0.1) is 24.4 Å². The first kappa shape index (κ1) is 22.6. The molecule has 6 nitrogen and oxygen atoms in total. The number of carbonyl (C=O) groups excluding carboxylic acids is 1. The van der Waals surface area contributed by atoms with Crippen molar-refractivity contribution in [1.82, 2.24) is 14.5 Å². The molecule has 3 heterocycles. The van der Waals surface area contributed by atoms with Gasteiger partial charge in [0.1, 0.15) is 4.83 Å². The normalized spacial score (nSPS) is 18.5. The maximum absolute atomic E-state index is 13.7. The number of thiophene rings is 1.